The van der Waals surface area contributed by atoms with Gasteiger partial charge in [0.1, 0.15) is 5.75 Å². The predicted octanol–water partition coefficient (Wildman–Crippen LogP) is 2.83. The summed E-state index contributed by atoms with van der Waals surface area (Å²) in [6.45, 7) is 2.52. The van der Waals surface area contributed by atoms with Gasteiger partial charge in [0.25, 0.3) is 0 Å². The Bertz CT molecular complexity index is 714. The third-order valence-corrected chi connectivity index (χ3v) is 4.27. The normalized spacial score (nSPS) is 14.0. The first-order valence-electron chi connectivity index (χ1n) is 8.79. The maximum atomic E-state index is 12.3. The van der Waals surface area contributed by atoms with Crippen LogP contribution in [0.4, 0.5) is 10.5 Å². The highest BCUT2D eigenvalue weighted by Gasteiger charge is 2.24. The lowest BCUT2D eigenvalue weighted by Gasteiger charge is -2.34. The molecule has 1 aliphatic heterocycles. The van der Waals surface area contributed by atoms with E-state index >= 15 is 0 Å². The Morgan fingerprint density at radius 3 is 2.08 bits per heavy atom. The van der Waals surface area contributed by atoms with Crippen molar-refractivity contribution >= 4 is 17.6 Å². The molecule has 1 heterocycles. The highest BCUT2D eigenvalue weighted by atomic mass is 16.5. The molecule has 6 nitrogen and oxygen atoms in total. The summed E-state index contributed by atoms with van der Waals surface area (Å²) in [6.07, 6.45) is 0.338. The number of anilines is 1. The van der Waals surface area contributed by atoms with E-state index in [1.807, 2.05) is 60.7 Å². The minimum absolute atomic E-state index is 0.0593. The van der Waals surface area contributed by atoms with Gasteiger partial charge in [0.15, 0.2) is 0 Å². The van der Waals surface area contributed by atoms with Gasteiger partial charge in [0.2, 0.25) is 5.91 Å². The van der Waals surface area contributed by atoms with Crippen LogP contribution in [-0.2, 0) is 4.79 Å². The summed E-state index contributed by atoms with van der Waals surface area (Å²) in [5.41, 5.74) is 0.772. The number of piperazine rings is 1. The minimum atomic E-state index is -0.129. The highest BCUT2D eigenvalue weighted by molar-refractivity contribution is 5.89. The van der Waals surface area contributed by atoms with Gasteiger partial charge in [-0.15, -0.1) is 0 Å². The van der Waals surface area contributed by atoms with Crippen LogP contribution in [0.3, 0.4) is 0 Å². The van der Waals surface area contributed by atoms with Crippen LogP contribution in [0, 0.1) is 0 Å². The monoisotopic (exact) mass is 353 g/mol. The lowest BCUT2D eigenvalue weighted by Crippen LogP contribution is -2.51. The van der Waals surface area contributed by atoms with Gasteiger partial charge in [-0.2, -0.15) is 0 Å². The fraction of sp³-hybridized carbons (Fsp3) is 0.300. The molecule has 3 amide bonds. The minimum Gasteiger partial charge on any atom is -0.493 e. The van der Waals surface area contributed by atoms with Crippen molar-refractivity contribution in [2.75, 3.05) is 38.1 Å². The van der Waals surface area contributed by atoms with Crippen LogP contribution in [0.5, 0.6) is 5.75 Å². The van der Waals surface area contributed by atoms with E-state index in [0.717, 1.165) is 11.4 Å². The molecule has 0 unspecified atom stereocenters. The maximum Gasteiger partial charge on any atom is 0.321 e. The molecular formula is C20H23N3O3. The average Bonchev–Trinajstić information content (AvgIpc) is 2.69. The fourth-order valence-electron chi connectivity index (χ4n) is 2.81. The van der Waals surface area contributed by atoms with Crippen LogP contribution in [0.15, 0.2) is 60.7 Å². The van der Waals surface area contributed by atoms with Crippen molar-refractivity contribution in [3.8, 4) is 5.75 Å². The zero-order valence-electron chi connectivity index (χ0n) is 14.6. The van der Waals surface area contributed by atoms with Crippen LogP contribution in [0.1, 0.15) is 6.42 Å². The number of nitrogens with zero attached hydrogens (tertiary/aromatic N) is 2. The number of para-hydroxylation sites is 2. The number of hydrogen-bond donors (Lipinski definition) is 1. The van der Waals surface area contributed by atoms with Crippen molar-refractivity contribution in [3.63, 3.8) is 0 Å². The van der Waals surface area contributed by atoms with E-state index in [9.17, 15) is 9.59 Å². The topological polar surface area (TPSA) is 61.9 Å². The second-order valence-electron chi connectivity index (χ2n) is 6.08. The van der Waals surface area contributed by atoms with Gasteiger partial charge >= 0.3 is 6.03 Å². The van der Waals surface area contributed by atoms with Crippen LogP contribution in [0.25, 0.3) is 0 Å². The number of nitrogens with one attached hydrogen (secondary N) is 1. The molecule has 1 aliphatic rings. The van der Waals surface area contributed by atoms with Gasteiger partial charge in [-0.25, -0.2) is 4.79 Å². The van der Waals surface area contributed by atoms with E-state index in [2.05, 4.69) is 5.32 Å². The Hall–Kier alpha value is -3.02. The first-order chi connectivity index (χ1) is 12.7. The fourth-order valence-corrected chi connectivity index (χ4v) is 2.81. The van der Waals surface area contributed by atoms with E-state index in [4.69, 9.17) is 4.74 Å². The summed E-state index contributed by atoms with van der Waals surface area (Å²) in [5, 5.41) is 2.87. The Labute approximate surface area is 153 Å². The quantitative estimate of drug-likeness (QED) is 0.899. The zero-order valence-corrected chi connectivity index (χ0v) is 14.6. The molecule has 0 spiro atoms. The van der Waals surface area contributed by atoms with E-state index in [1.165, 1.54) is 0 Å². The van der Waals surface area contributed by atoms with Crippen molar-refractivity contribution < 1.29 is 14.3 Å². The van der Waals surface area contributed by atoms with Crippen LogP contribution in [-0.4, -0.2) is 54.5 Å². The summed E-state index contributed by atoms with van der Waals surface area (Å²) in [7, 11) is 0. The third kappa shape index (κ3) is 4.99. The van der Waals surface area contributed by atoms with Gasteiger partial charge in [-0.3, -0.25) is 4.79 Å². The molecule has 2 aromatic rings. The zero-order chi connectivity index (χ0) is 18.2. The van der Waals surface area contributed by atoms with Gasteiger partial charge in [-0.05, 0) is 24.3 Å². The number of carbonyl (C=O) groups is 2. The number of ether oxygens (including phenoxy) is 1. The Balaban J connectivity index is 1.38. The van der Waals surface area contributed by atoms with E-state index < -0.39 is 0 Å². The molecule has 26 heavy (non-hydrogen) atoms. The van der Waals surface area contributed by atoms with Crippen molar-refractivity contribution in [2.45, 2.75) is 6.42 Å². The molecule has 0 radical (unpaired) electrons. The molecular weight excluding hydrogens is 330 g/mol. The summed E-state index contributed by atoms with van der Waals surface area (Å²) >= 11 is 0. The van der Waals surface area contributed by atoms with Crippen LogP contribution in [0.2, 0.25) is 0 Å². The first-order valence-corrected chi connectivity index (χ1v) is 8.79. The second kappa shape index (κ2) is 8.89. The van der Waals surface area contributed by atoms with E-state index in [1.54, 1.807) is 9.80 Å². The Morgan fingerprint density at radius 1 is 0.846 bits per heavy atom. The summed E-state index contributed by atoms with van der Waals surface area (Å²) in [4.78, 5) is 28.1. The van der Waals surface area contributed by atoms with Crippen molar-refractivity contribution in [1.82, 2.24) is 9.80 Å². The standard InChI is InChI=1S/C20H23N3O3/c24-19(11-16-26-18-9-5-2-6-10-18)22-12-14-23(15-13-22)20(25)21-17-7-3-1-4-8-17/h1-10H,11-16H2,(H,21,25). The molecule has 1 N–H and O–H groups in total. The largest absolute Gasteiger partial charge is 0.493 e. The summed E-state index contributed by atoms with van der Waals surface area (Å²) in [5.74, 6) is 0.826. The average molecular weight is 353 g/mol. The summed E-state index contributed by atoms with van der Waals surface area (Å²) in [6, 6.07) is 18.7. The highest BCUT2D eigenvalue weighted by Crippen LogP contribution is 2.11. The van der Waals surface area contributed by atoms with Gasteiger partial charge in [0.05, 0.1) is 13.0 Å². The molecule has 0 saturated carbocycles. The van der Waals surface area contributed by atoms with Crippen LogP contribution < -0.4 is 10.1 Å². The van der Waals surface area contributed by atoms with Crippen LogP contribution >= 0.6 is 0 Å². The van der Waals surface area contributed by atoms with Gasteiger partial charge in [0, 0.05) is 31.9 Å². The van der Waals surface area contributed by atoms with Gasteiger partial charge < -0.3 is 19.9 Å². The molecule has 3 rings (SSSR count). The number of urea groups is 1. The maximum absolute atomic E-state index is 12.3. The summed E-state index contributed by atoms with van der Waals surface area (Å²) < 4.78 is 5.57. The number of benzene rings is 2. The first kappa shape index (κ1) is 17.8. The molecule has 6 heteroatoms. The van der Waals surface area contributed by atoms with Crippen molar-refractivity contribution in [2.24, 2.45) is 0 Å². The molecule has 0 bridgehead atoms. The number of carbonyl (C=O) groups excluding carboxylic acids is 2. The molecule has 0 aromatic heterocycles. The molecule has 2 aromatic carbocycles. The van der Waals surface area contributed by atoms with E-state index in [0.29, 0.717) is 39.2 Å². The lowest BCUT2D eigenvalue weighted by molar-refractivity contribution is -0.133. The van der Waals surface area contributed by atoms with Crippen molar-refractivity contribution in [3.05, 3.63) is 60.7 Å². The number of hydrogen-bond acceptors (Lipinski definition) is 3. The SMILES string of the molecule is O=C(CCOc1ccccc1)N1CCN(C(=O)Nc2ccccc2)CC1. The van der Waals surface area contributed by atoms with Gasteiger partial charge in [-0.1, -0.05) is 36.4 Å². The predicted molar refractivity (Wildman–Crippen MR) is 100 cm³/mol. The Kier molecular flexibility index (Phi) is 6.09. The molecule has 1 fully saturated rings. The number of amides is 3. The lowest BCUT2D eigenvalue weighted by atomic mass is 10.3. The second-order valence-corrected chi connectivity index (χ2v) is 6.08. The van der Waals surface area contributed by atoms with E-state index in [-0.39, 0.29) is 11.9 Å². The molecule has 0 aliphatic carbocycles. The molecule has 136 valence electrons. The van der Waals surface area contributed by atoms with Crippen molar-refractivity contribution in [1.29, 1.82) is 0 Å². The Morgan fingerprint density at radius 2 is 1.42 bits per heavy atom. The number of rotatable bonds is 5. The molecule has 1 saturated heterocycles. The third-order valence-electron chi connectivity index (χ3n) is 4.27. The smallest absolute Gasteiger partial charge is 0.321 e. The molecule has 0 atom stereocenters.